The van der Waals surface area contributed by atoms with Crippen LogP contribution in [0.2, 0.25) is 0 Å². The lowest BCUT2D eigenvalue weighted by Crippen LogP contribution is -2.70. The topological polar surface area (TPSA) is 70.2 Å². The molecule has 1 saturated carbocycles. The van der Waals surface area contributed by atoms with Crippen LogP contribution in [0.3, 0.4) is 0 Å². The van der Waals surface area contributed by atoms with Crippen LogP contribution in [-0.2, 0) is 0 Å². The van der Waals surface area contributed by atoms with E-state index in [1.807, 2.05) is 0 Å². The van der Waals surface area contributed by atoms with Crippen LogP contribution in [0.5, 0.6) is 0 Å². The number of rotatable bonds is 0. The molecule has 1 heterocycles. The Morgan fingerprint density at radius 3 is 2.00 bits per heavy atom. The average Bonchev–Trinajstić information content (AvgIpc) is 2.02. The molecule has 72 valence electrons. The molecule has 0 aromatic rings. The Bertz CT molecular complexity index is 228. The van der Waals surface area contributed by atoms with Crippen LogP contribution < -0.4 is 16.0 Å². The first kappa shape index (κ1) is 8.34. The third kappa shape index (κ3) is 1.59. The van der Waals surface area contributed by atoms with Gasteiger partial charge in [-0.3, -0.25) is 5.32 Å². The molecule has 0 aromatic heterocycles. The average molecular weight is 183 g/mol. The Labute approximate surface area is 76.3 Å². The third-order valence-corrected chi connectivity index (χ3v) is 2.64. The minimum absolute atomic E-state index is 0.384. The number of imide groups is 1. The summed E-state index contributed by atoms with van der Waals surface area (Å²) in [6, 6.07) is -0.767. The van der Waals surface area contributed by atoms with Gasteiger partial charge in [0.05, 0.1) is 0 Å². The van der Waals surface area contributed by atoms with Crippen molar-refractivity contribution in [3.8, 4) is 0 Å². The Morgan fingerprint density at radius 1 is 0.923 bits per heavy atom. The van der Waals surface area contributed by atoms with Crippen molar-refractivity contribution in [2.24, 2.45) is 0 Å². The molecule has 3 N–H and O–H groups in total. The van der Waals surface area contributed by atoms with E-state index in [0.717, 1.165) is 25.7 Å². The number of hydrogen-bond donors (Lipinski definition) is 3. The molecule has 1 spiro atoms. The number of hydrogen-bond acceptors (Lipinski definition) is 2. The van der Waals surface area contributed by atoms with Crippen molar-refractivity contribution in [1.82, 2.24) is 16.0 Å². The van der Waals surface area contributed by atoms with Crippen LogP contribution in [0.25, 0.3) is 0 Å². The van der Waals surface area contributed by atoms with E-state index in [2.05, 4.69) is 16.0 Å². The zero-order chi connectivity index (χ0) is 9.31. The van der Waals surface area contributed by atoms with Gasteiger partial charge in [0.15, 0.2) is 0 Å². The lowest BCUT2D eigenvalue weighted by molar-refractivity contribution is 0.156. The SMILES string of the molecule is O=C1NC(=O)NC2(CCCCC2)N1. The number of carbonyl (C=O) groups excluding carboxylic acids is 2. The van der Waals surface area contributed by atoms with Crippen molar-refractivity contribution >= 4 is 12.1 Å². The van der Waals surface area contributed by atoms with Gasteiger partial charge >= 0.3 is 12.1 Å². The van der Waals surface area contributed by atoms with Crippen molar-refractivity contribution in [3.05, 3.63) is 0 Å². The quantitative estimate of drug-likeness (QED) is 0.516. The molecule has 5 nitrogen and oxygen atoms in total. The van der Waals surface area contributed by atoms with Crippen molar-refractivity contribution in [2.45, 2.75) is 37.8 Å². The van der Waals surface area contributed by atoms with Crippen molar-refractivity contribution in [1.29, 1.82) is 0 Å². The lowest BCUT2D eigenvalue weighted by atomic mass is 9.88. The summed E-state index contributed by atoms with van der Waals surface area (Å²) in [5, 5.41) is 7.71. The summed E-state index contributed by atoms with van der Waals surface area (Å²) < 4.78 is 0. The molecule has 1 aliphatic carbocycles. The Hall–Kier alpha value is -1.26. The summed E-state index contributed by atoms with van der Waals surface area (Å²) in [5.74, 6) is 0. The van der Waals surface area contributed by atoms with Gasteiger partial charge < -0.3 is 10.6 Å². The maximum Gasteiger partial charge on any atom is 0.324 e. The summed E-state index contributed by atoms with van der Waals surface area (Å²) in [4.78, 5) is 22.1. The summed E-state index contributed by atoms with van der Waals surface area (Å²) in [7, 11) is 0. The molecular weight excluding hydrogens is 170 g/mol. The van der Waals surface area contributed by atoms with E-state index in [0.29, 0.717) is 0 Å². The highest BCUT2D eigenvalue weighted by Gasteiger charge is 2.38. The second-order valence-corrected chi connectivity index (χ2v) is 3.68. The van der Waals surface area contributed by atoms with Gasteiger partial charge in [-0.2, -0.15) is 0 Å². The van der Waals surface area contributed by atoms with E-state index < -0.39 is 5.66 Å². The molecule has 0 aromatic carbocycles. The fraction of sp³-hybridized carbons (Fsp3) is 0.750. The Morgan fingerprint density at radius 2 is 1.46 bits per heavy atom. The molecule has 0 unspecified atom stereocenters. The fourth-order valence-electron chi connectivity index (χ4n) is 2.04. The molecule has 1 saturated heterocycles. The molecular formula is C8H13N3O2. The highest BCUT2D eigenvalue weighted by molar-refractivity contribution is 5.96. The Kier molecular flexibility index (Phi) is 1.86. The standard InChI is InChI=1S/C8H13N3O2/c12-6-9-7(13)11-8(10-6)4-2-1-3-5-8/h1-5H2,(H3,9,10,11,12,13). The van der Waals surface area contributed by atoms with Crippen LogP contribution in [0.15, 0.2) is 0 Å². The second kappa shape index (κ2) is 2.90. The van der Waals surface area contributed by atoms with E-state index in [1.54, 1.807) is 0 Å². The molecule has 0 atom stereocenters. The van der Waals surface area contributed by atoms with Gasteiger partial charge in [-0.25, -0.2) is 9.59 Å². The Balaban J connectivity index is 2.11. The van der Waals surface area contributed by atoms with E-state index in [1.165, 1.54) is 6.42 Å². The minimum Gasteiger partial charge on any atom is -0.315 e. The molecule has 2 rings (SSSR count). The summed E-state index contributed by atoms with van der Waals surface area (Å²) in [6.45, 7) is 0. The molecule has 2 fully saturated rings. The normalized spacial score (nSPS) is 26.2. The maximum absolute atomic E-state index is 11.1. The monoisotopic (exact) mass is 183 g/mol. The number of carbonyl (C=O) groups is 2. The highest BCUT2D eigenvalue weighted by atomic mass is 16.2. The largest absolute Gasteiger partial charge is 0.324 e. The molecule has 5 heteroatoms. The summed E-state index contributed by atoms with van der Waals surface area (Å²) in [6.07, 6.45) is 4.97. The summed E-state index contributed by atoms with van der Waals surface area (Å²) in [5.41, 5.74) is -0.461. The second-order valence-electron chi connectivity index (χ2n) is 3.68. The van der Waals surface area contributed by atoms with Crippen LogP contribution in [0, 0.1) is 0 Å². The molecule has 2 aliphatic rings. The first-order valence-corrected chi connectivity index (χ1v) is 4.62. The summed E-state index contributed by atoms with van der Waals surface area (Å²) >= 11 is 0. The molecule has 13 heavy (non-hydrogen) atoms. The van der Waals surface area contributed by atoms with E-state index in [4.69, 9.17) is 0 Å². The zero-order valence-corrected chi connectivity index (χ0v) is 7.35. The van der Waals surface area contributed by atoms with Gasteiger partial charge in [0.1, 0.15) is 5.66 Å². The first-order valence-electron chi connectivity index (χ1n) is 4.62. The third-order valence-electron chi connectivity index (χ3n) is 2.64. The van der Waals surface area contributed by atoms with Gasteiger partial charge in [-0.15, -0.1) is 0 Å². The van der Waals surface area contributed by atoms with Crippen LogP contribution in [0.1, 0.15) is 32.1 Å². The minimum atomic E-state index is -0.461. The first-order chi connectivity index (χ1) is 6.20. The molecule has 0 radical (unpaired) electrons. The van der Waals surface area contributed by atoms with Gasteiger partial charge in [0.2, 0.25) is 0 Å². The van der Waals surface area contributed by atoms with Crippen LogP contribution in [0.4, 0.5) is 9.59 Å². The number of nitrogens with one attached hydrogen (secondary N) is 3. The van der Waals surface area contributed by atoms with Crippen molar-refractivity contribution in [2.75, 3.05) is 0 Å². The molecule has 0 bridgehead atoms. The van der Waals surface area contributed by atoms with Crippen LogP contribution in [-0.4, -0.2) is 17.7 Å². The highest BCUT2D eigenvalue weighted by Crippen LogP contribution is 2.26. The molecule has 1 aliphatic heterocycles. The van der Waals surface area contributed by atoms with Crippen LogP contribution >= 0.6 is 0 Å². The van der Waals surface area contributed by atoms with Gasteiger partial charge in [0, 0.05) is 0 Å². The van der Waals surface area contributed by atoms with Gasteiger partial charge in [-0.1, -0.05) is 6.42 Å². The van der Waals surface area contributed by atoms with Crippen molar-refractivity contribution < 1.29 is 9.59 Å². The van der Waals surface area contributed by atoms with Gasteiger partial charge in [-0.05, 0) is 25.7 Å². The predicted octanol–water partition coefficient (Wildman–Crippen LogP) is 0.669. The van der Waals surface area contributed by atoms with Gasteiger partial charge in [0.25, 0.3) is 0 Å². The molecule has 4 amide bonds. The fourth-order valence-corrected chi connectivity index (χ4v) is 2.04. The zero-order valence-electron chi connectivity index (χ0n) is 7.35. The number of urea groups is 2. The number of amides is 4. The predicted molar refractivity (Wildman–Crippen MR) is 46.0 cm³/mol. The maximum atomic E-state index is 11.1. The van der Waals surface area contributed by atoms with E-state index in [-0.39, 0.29) is 12.1 Å². The lowest BCUT2D eigenvalue weighted by Gasteiger charge is -2.41. The van der Waals surface area contributed by atoms with E-state index in [9.17, 15) is 9.59 Å². The van der Waals surface area contributed by atoms with Crippen molar-refractivity contribution in [3.63, 3.8) is 0 Å². The smallest absolute Gasteiger partial charge is 0.315 e. The van der Waals surface area contributed by atoms with E-state index >= 15 is 0 Å².